The van der Waals surface area contributed by atoms with Gasteiger partial charge in [0.05, 0.1) is 10.9 Å². The van der Waals surface area contributed by atoms with E-state index in [1.807, 2.05) is 30.3 Å². The molecule has 0 unspecified atom stereocenters. The standard InChI is InChI=1S/C20H22N4O/c1-23(2)18-13-24(12-16(18)14-8-4-3-5-9-14)20-21-17-11-7-6-10-15(17)19(25)22-20/h3-11,16,18H,12-13H2,1-2H3,(H,21,22,25)/t16-,18+/m1/s1. The molecule has 25 heavy (non-hydrogen) atoms. The number of nitrogens with one attached hydrogen (secondary N) is 1. The van der Waals surface area contributed by atoms with Crippen molar-refractivity contribution < 1.29 is 0 Å². The maximum atomic E-state index is 12.4. The second kappa shape index (κ2) is 6.33. The minimum atomic E-state index is -0.0786. The molecule has 2 atom stereocenters. The van der Waals surface area contributed by atoms with Crippen molar-refractivity contribution in [2.45, 2.75) is 12.0 Å². The molecule has 1 aliphatic rings. The van der Waals surface area contributed by atoms with Crippen LogP contribution in [0.3, 0.4) is 0 Å². The highest BCUT2D eigenvalue weighted by atomic mass is 16.1. The Labute approximate surface area is 146 Å². The SMILES string of the molecule is CN(C)[C@H]1CN(c2nc3ccccc3c(=O)[nH]2)C[C@@H]1c1ccccc1. The lowest BCUT2D eigenvalue weighted by Crippen LogP contribution is -2.35. The van der Waals surface area contributed by atoms with E-state index in [9.17, 15) is 4.79 Å². The lowest BCUT2D eigenvalue weighted by atomic mass is 9.94. The van der Waals surface area contributed by atoms with E-state index in [0.717, 1.165) is 18.6 Å². The first-order chi connectivity index (χ1) is 12.1. The van der Waals surface area contributed by atoms with Gasteiger partial charge in [0, 0.05) is 25.0 Å². The Balaban J connectivity index is 1.71. The fraction of sp³-hybridized carbons (Fsp3) is 0.300. The molecule has 1 N–H and O–H groups in total. The van der Waals surface area contributed by atoms with Gasteiger partial charge in [-0.05, 0) is 31.8 Å². The van der Waals surface area contributed by atoms with Crippen LogP contribution in [-0.2, 0) is 0 Å². The van der Waals surface area contributed by atoms with Crippen molar-refractivity contribution >= 4 is 16.9 Å². The second-order valence-electron chi connectivity index (χ2n) is 6.86. The van der Waals surface area contributed by atoms with E-state index in [0.29, 0.717) is 23.3 Å². The van der Waals surface area contributed by atoms with Gasteiger partial charge in [0.25, 0.3) is 5.56 Å². The third-order valence-electron chi connectivity index (χ3n) is 5.08. The molecule has 0 radical (unpaired) electrons. The molecule has 0 spiro atoms. The Hall–Kier alpha value is -2.66. The summed E-state index contributed by atoms with van der Waals surface area (Å²) in [5, 5.41) is 0.634. The summed E-state index contributed by atoms with van der Waals surface area (Å²) in [4.78, 5) is 24.5. The molecular formula is C20H22N4O. The smallest absolute Gasteiger partial charge is 0.260 e. The highest BCUT2D eigenvalue weighted by Crippen LogP contribution is 2.31. The number of aromatic amines is 1. The first kappa shape index (κ1) is 15.8. The van der Waals surface area contributed by atoms with Crippen LogP contribution in [-0.4, -0.2) is 48.1 Å². The van der Waals surface area contributed by atoms with Gasteiger partial charge in [0.15, 0.2) is 0 Å². The zero-order valence-corrected chi connectivity index (χ0v) is 14.5. The van der Waals surface area contributed by atoms with Gasteiger partial charge in [-0.1, -0.05) is 42.5 Å². The van der Waals surface area contributed by atoms with Gasteiger partial charge < -0.3 is 9.80 Å². The fourth-order valence-corrected chi connectivity index (χ4v) is 3.73. The number of aromatic nitrogens is 2. The van der Waals surface area contributed by atoms with E-state index >= 15 is 0 Å². The zero-order chi connectivity index (χ0) is 17.4. The number of rotatable bonds is 3. The van der Waals surface area contributed by atoms with Crippen molar-refractivity contribution in [3.8, 4) is 0 Å². The average Bonchev–Trinajstić information content (AvgIpc) is 3.08. The molecule has 0 saturated carbocycles. The highest BCUT2D eigenvalue weighted by molar-refractivity contribution is 5.78. The average molecular weight is 334 g/mol. The van der Waals surface area contributed by atoms with E-state index in [1.54, 1.807) is 0 Å². The first-order valence-corrected chi connectivity index (χ1v) is 8.59. The third-order valence-corrected chi connectivity index (χ3v) is 5.08. The van der Waals surface area contributed by atoms with Crippen LogP contribution in [0.25, 0.3) is 10.9 Å². The minimum Gasteiger partial charge on any atom is -0.340 e. The molecule has 2 aromatic carbocycles. The maximum Gasteiger partial charge on any atom is 0.260 e. The second-order valence-corrected chi connectivity index (χ2v) is 6.86. The lowest BCUT2D eigenvalue weighted by Gasteiger charge is -2.25. The monoisotopic (exact) mass is 334 g/mol. The van der Waals surface area contributed by atoms with E-state index in [4.69, 9.17) is 4.98 Å². The fourth-order valence-electron chi connectivity index (χ4n) is 3.73. The zero-order valence-electron chi connectivity index (χ0n) is 14.5. The van der Waals surface area contributed by atoms with Gasteiger partial charge in [0.1, 0.15) is 0 Å². The van der Waals surface area contributed by atoms with Crippen molar-refractivity contribution in [3.05, 3.63) is 70.5 Å². The Morgan fingerprint density at radius 1 is 1.04 bits per heavy atom. The molecule has 5 nitrogen and oxygen atoms in total. The molecule has 5 heteroatoms. The van der Waals surface area contributed by atoms with Gasteiger partial charge in [-0.25, -0.2) is 4.98 Å². The molecule has 4 rings (SSSR count). The van der Waals surface area contributed by atoms with Crippen LogP contribution in [0, 0.1) is 0 Å². The molecule has 1 aliphatic heterocycles. The van der Waals surface area contributed by atoms with Crippen LogP contribution in [0.4, 0.5) is 5.95 Å². The minimum absolute atomic E-state index is 0.0786. The Morgan fingerprint density at radius 3 is 2.52 bits per heavy atom. The quantitative estimate of drug-likeness (QED) is 0.799. The summed E-state index contributed by atoms with van der Waals surface area (Å²) >= 11 is 0. The summed E-state index contributed by atoms with van der Waals surface area (Å²) in [6.45, 7) is 1.68. The van der Waals surface area contributed by atoms with Crippen molar-refractivity contribution in [1.29, 1.82) is 0 Å². The number of anilines is 1. The molecule has 0 aliphatic carbocycles. The van der Waals surface area contributed by atoms with E-state index in [2.05, 4.69) is 53.1 Å². The molecule has 0 bridgehead atoms. The highest BCUT2D eigenvalue weighted by Gasteiger charge is 2.36. The normalized spacial score (nSPS) is 20.5. The molecule has 0 amide bonds. The van der Waals surface area contributed by atoms with Crippen molar-refractivity contribution in [2.75, 3.05) is 32.1 Å². The molecule has 1 aromatic heterocycles. The summed E-state index contributed by atoms with van der Waals surface area (Å²) in [5.74, 6) is 1.04. The molecule has 1 saturated heterocycles. The van der Waals surface area contributed by atoms with Crippen molar-refractivity contribution in [3.63, 3.8) is 0 Å². The third kappa shape index (κ3) is 2.91. The number of hydrogen-bond donors (Lipinski definition) is 1. The van der Waals surface area contributed by atoms with Gasteiger partial charge in [0.2, 0.25) is 5.95 Å². The van der Waals surface area contributed by atoms with Crippen LogP contribution in [0.15, 0.2) is 59.4 Å². The molecule has 128 valence electrons. The van der Waals surface area contributed by atoms with E-state index < -0.39 is 0 Å². The predicted molar refractivity (Wildman–Crippen MR) is 101 cm³/mol. The van der Waals surface area contributed by atoms with Crippen LogP contribution >= 0.6 is 0 Å². The molecule has 2 heterocycles. The van der Waals surface area contributed by atoms with E-state index in [-0.39, 0.29) is 5.56 Å². The summed E-state index contributed by atoms with van der Waals surface area (Å²) in [6.07, 6.45) is 0. The predicted octanol–water partition coefficient (Wildman–Crippen LogP) is 2.46. The van der Waals surface area contributed by atoms with Crippen LogP contribution in [0.1, 0.15) is 11.5 Å². The first-order valence-electron chi connectivity index (χ1n) is 8.59. The van der Waals surface area contributed by atoms with Crippen LogP contribution in [0.5, 0.6) is 0 Å². The number of likely N-dealkylation sites (N-methyl/N-ethyl adjacent to an activating group) is 1. The number of nitrogens with zero attached hydrogens (tertiary/aromatic N) is 3. The molecule has 1 fully saturated rings. The number of fused-ring (bicyclic) bond motifs is 1. The van der Waals surface area contributed by atoms with Crippen molar-refractivity contribution in [2.24, 2.45) is 0 Å². The Bertz CT molecular complexity index is 935. The number of hydrogen-bond acceptors (Lipinski definition) is 4. The number of para-hydroxylation sites is 1. The topological polar surface area (TPSA) is 52.2 Å². The van der Waals surface area contributed by atoms with Gasteiger partial charge in [-0.3, -0.25) is 9.78 Å². The maximum absolute atomic E-state index is 12.4. The number of benzene rings is 2. The van der Waals surface area contributed by atoms with Gasteiger partial charge in [-0.2, -0.15) is 0 Å². The lowest BCUT2D eigenvalue weighted by molar-refractivity contribution is 0.292. The Kier molecular flexibility index (Phi) is 4.01. The summed E-state index contributed by atoms with van der Waals surface area (Å²) < 4.78 is 0. The van der Waals surface area contributed by atoms with Crippen LogP contribution in [0.2, 0.25) is 0 Å². The number of H-pyrrole nitrogens is 1. The van der Waals surface area contributed by atoms with Gasteiger partial charge in [-0.15, -0.1) is 0 Å². The summed E-state index contributed by atoms with van der Waals surface area (Å²) in [6, 6.07) is 18.4. The molecule has 3 aromatic rings. The summed E-state index contributed by atoms with van der Waals surface area (Å²) in [5.41, 5.74) is 1.99. The Morgan fingerprint density at radius 2 is 1.76 bits per heavy atom. The largest absolute Gasteiger partial charge is 0.340 e. The molecular weight excluding hydrogens is 312 g/mol. The van der Waals surface area contributed by atoms with Gasteiger partial charge >= 0.3 is 0 Å². The van der Waals surface area contributed by atoms with Crippen LogP contribution < -0.4 is 10.5 Å². The summed E-state index contributed by atoms with van der Waals surface area (Å²) in [7, 11) is 4.22. The van der Waals surface area contributed by atoms with Crippen molar-refractivity contribution in [1.82, 2.24) is 14.9 Å². The van der Waals surface area contributed by atoms with E-state index in [1.165, 1.54) is 5.56 Å².